The van der Waals surface area contributed by atoms with Gasteiger partial charge < -0.3 is 20.3 Å². The molecule has 3 rings (SSSR count). The Kier molecular flexibility index (Phi) is 5.53. The van der Waals surface area contributed by atoms with Gasteiger partial charge in [0, 0.05) is 43.3 Å². The Hall–Kier alpha value is -1.44. The monoisotopic (exact) mass is 351 g/mol. The molecule has 1 aromatic heterocycles. The molecule has 130 valence electrons. The van der Waals surface area contributed by atoms with Crippen molar-refractivity contribution in [2.45, 2.75) is 12.2 Å². The number of aliphatic hydroxyl groups excluding tert-OH is 1. The van der Waals surface area contributed by atoms with E-state index in [0.29, 0.717) is 42.6 Å². The Morgan fingerprint density at radius 3 is 3.12 bits per heavy atom. The van der Waals surface area contributed by atoms with Crippen molar-refractivity contribution in [1.29, 1.82) is 0 Å². The van der Waals surface area contributed by atoms with Crippen LogP contribution in [-0.4, -0.2) is 61.0 Å². The molecule has 24 heavy (non-hydrogen) atoms. The predicted octanol–water partition coefficient (Wildman–Crippen LogP) is 1.59. The fourth-order valence-electron chi connectivity index (χ4n) is 3.06. The lowest BCUT2D eigenvalue weighted by Crippen LogP contribution is -2.46. The number of fused-ring (bicyclic) bond motifs is 1. The zero-order chi connectivity index (χ0) is 17.1. The van der Waals surface area contributed by atoms with Crippen molar-refractivity contribution in [3.05, 3.63) is 35.0 Å². The molecule has 0 saturated carbocycles. The first kappa shape index (κ1) is 17.4. The minimum atomic E-state index is -0.730. The molecule has 2 atom stereocenters. The average Bonchev–Trinajstić information content (AvgIpc) is 2.61. The summed E-state index contributed by atoms with van der Waals surface area (Å²) in [5.74, 6) is 0.703. The van der Waals surface area contributed by atoms with Crippen molar-refractivity contribution < 1.29 is 14.6 Å². The summed E-state index contributed by atoms with van der Waals surface area (Å²) in [6.07, 6.45) is 0.860. The van der Waals surface area contributed by atoms with E-state index in [1.807, 2.05) is 18.2 Å². The summed E-state index contributed by atoms with van der Waals surface area (Å²) >= 11 is 6.34. The topological polar surface area (TPSA) is 80.8 Å². The van der Waals surface area contributed by atoms with Gasteiger partial charge in [0.15, 0.2) is 0 Å². The van der Waals surface area contributed by atoms with Gasteiger partial charge in [-0.05, 0) is 18.2 Å². The van der Waals surface area contributed by atoms with Gasteiger partial charge in [0.2, 0.25) is 0 Å². The van der Waals surface area contributed by atoms with Crippen LogP contribution in [0.5, 0.6) is 5.75 Å². The van der Waals surface area contributed by atoms with Crippen LogP contribution in [0, 0.1) is 0 Å². The molecule has 2 aromatic rings. The third-order valence-electron chi connectivity index (χ3n) is 4.32. The van der Waals surface area contributed by atoms with Crippen molar-refractivity contribution in [2.24, 2.45) is 5.73 Å². The maximum Gasteiger partial charge on any atom is 0.119 e. The van der Waals surface area contributed by atoms with Gasteiger partial charge >= 0.3 is 0 Å². The minimum absolute atomic E-state index is 0.00991. The average molecular weight is 352 g/mol. The lowest BCUT2D eigenvalue weighted by molar-refractivity contribution is -0.0359. The highest BCUT2D eigenvalue weighted by atomic mass is 35.5. The lowest BCUT2D eigenvalue weighted by atomic mass is 10.0. The molecule has 0 bridgehead atoms. The second kappa shape index (κ2) is 7.63. The van der Waals surface area contributed by atoms with E-state index >= 15 is 0 Å². The number of β-amino-alcohol motifs (C(OH)–C–C–N with tert-alkyl or cyclic N) is 1. The second-order valence-electron chi connectivity index (χ2n) is 5.91. The lowest BCUT2D eigenvalue weighted by Gasteiger charge is -2.33. The number of aliphatic hydroxyl groups is 1. The number of benzene rings is 1. The van der Waals surface area contributed by atoms with Crippen LogP contribution in [0.25, 0.3) is 10.9 Å². The van der Waals surface area contributed by atoms with Crippen molar-refractivity contribution in [1.82, 2.24) is 9.88 Å². The number of ether oxygens (including phenoxy) is 2. The van der Waals surface area contributed by atoms with Gasteiger partial charge in [0.1, 0.15) is 5.75 Å². The number of halogens is 1. The highest BCUT2D eigenvalue weighted by Crippen LogP contribution is 2.32. The van der Waals surface area contributed by atoms with Crippen molar-refractivity contribution in [3.63, 3.8) is 0 Å². The zero-order valence-corrected chi connectivity index (χ0v) is 14.4. The van der Waals surface area contributed by atoms with E-state index in [1.54, 1.807) is 13.3 Å². The Morgan fingerprint density at radius 1 is 1.54 bits per heavy atom. The molecular formula is C17H22ClN3O3. The Balaban J connectivity index is 1.88. The maximum atomic E-state index is 10.8. The molecule has 0 aliphatic carbocycles. The molecule has 0 amide bonds. The second-order valence-corrected chi connectivity index (χ2v) is 6.31. The minimum Gasteiger partial charge on any atom is -0.497 e. The zero-order valence-electron chi connectivity index (χ0n) is 13.6. The summed E-state index contributed by atoms with van der Waals surface area (Å²) in [6.45, 7) is 3.03. The third-order valence-corrected chi connectivity index (χ3v) is 4.62. The first-order chi connectivity index (χ1) is 11.6. The molecule has 1 aromatic carbocycles. The number of aromatic nitrogens is 1. The number of nitrogens with two attached hydrogens (primary N) is 1. The largest absolute Gasteiger partial charge is 0.497 e. The first-order valence-corrected chi connectivity index (χ1v) is 8.34. The summed E-state index contributed by atoms with van der Waals surface area (Å²) in [4.78, 5) is 6.47. The van der Waals surface area contributed by atoms with Crippen LogP contribution < -0.4 is 10.5 Å². The van der Waals surface area contributed by atoms with Crippen LogP contribution in [0.2, 0.25) is 5.02 Å². The number of hydrogen-bond donors (Lipinski definition) is 2. The molecule has 0 radical (unpaired) electrons. The summed E-state index contributed by atoms with van der Waals surface area (Å²) in [5.41, 5.74) is 7.13. The fourth-order valence-corrected chi connectivity index (χ4v) is 3.33. The van der Waals surface area contributed by atoms with Gasteiger partial charge in [0.05, 0.1) is 36.5 Å². The molecule has 7 heteroatoms. The van der Waals surface area contributed by atoms with E-state index in [0.717, 1.165) is 17.4 Å². The summed E-state index contributed by atoms with van der Waals surface area (Å²) in [5, 5.41) is 12.1. The number of hydrogen-bond acceptors (Lipinski definition) is 6. The van der Waals surface area contributed by atoms with Crippen molar-refractivity contribution in [3.8, 4) is 5.75 Å². The number of nitrogens with zero attached hydrogens (tertiary/aromatic N) is 2. The fraction of sp³-hybridized carbons (Fsp3) is 0.471. The standard InChI is InChI=1S/C17H22ClN3O3/c1-23-11-2-3-15-13(6-11)17(14(18)8-20-15)16(22)10-21-4-5-24-12(7-19)9-21/h2-3,6,8,12,16,22H,4-5,7,9-10,19H2,1H3. The molecule has 3 N–H and O–H groups in total. The first-order valence-electron chi connectivity index (χ1n) is 7.96. The highest BCUT2D eigenvalue weighted by Gasteiger charge is 2.24. The Labute approximate surface area is 146 Å². The predicted molar refractivity (Wildman–Crippen MR) is 93.5 cm³/mol. The smallest absolute Gasteiger partial charge is 0.119 e. The van der Waals surface area contributed by atoms with Crippen LogP contribution in [0.15, 0.2) is 24.4 Å². The van der Waals surface area contributed by atoms with Crippen molar-refractivity contribution in [2.75, 3.05) is 39.9 Å². The van der Waals surface area contributed by atoms with E-state index in [9.17, 15) is 5.11 Å². The normalized spacial score (nSPS) is 20.2. The quantitative estimate of drug-likeness (QED) is 0.851. The Morgan fingerprint density at radius 2 is 2.38 bits per heavy atom. The van der Waals surface area contributed by atoms with E-state index in [1.165, 1.54) is 0 Å². The summed E-state index contributed by atoms with van der Waals surface area (Å²) < 4.78 is 10.9. The Bertz CT molecular complexity index is 713. The van der Waals surface area contributed by atoms with Gasteiger partial charge in [-0.15, -0.1) is 0 Å². The van der Waals surface area contributed by atoms with Crippen LogP contribution >= 0.6 is 11.6 Å². The van der Waals surface area contributed by atoms with Crippen LogP contribution in [0.3, 0.4) is 0 Å². The van der Waals surface area contributed by atoms with E-state index in [4.69, 9.17) is 26.8 Å². The van der Waals surface area contributed by atoms with E-state index < -0.39 is 6.10 Å². The van der Waals surface area contributed by atoms with Gasteiger partial charge in [-0.1, -0.05) is 11.6 Å². The maximum absolute atomic E-state index is 10.8. The molecule has 6 nitrogen and oxygen atoms in total. The third kappa shape index (κ3) is 3.63. The molecular weight excluding hydrogens is 330 g/mol. The number of morpholine rings is 1. The highest BCUT2D eigenvalue weighted by molar-refractivity contribution is 6.32. The van der Waals surface area contributed by atoms with E-state index in [2.05, 4.69) is 9.88 Å². The SMILES string of the molecule is COc1ccc2ncc(Cl)c(C(O)CN3CCOC(CN)C3)c2c1. The molecule has 1 aliphatic rings. The van der Waals surface area contributed by atoms with Crippen LogP contribution in [0.1, 0.15) is 11.7 Å². The van der Waals surface area contributed by atoms with Gasteiger partial charge in [0.25, 0.3) is 0 Å². The number of rotatable bonds is 5. The van der Waals surface area contributed by atoms with Gasteiger partial charge in [-0.25, -0.2) is 0 Å². The van der Waals surface area contributed by atoms with Gasteiger partial charge in [-0.3, -0.25) is 9.88 Å². The molecule has 1 fully saturated rings. The van der Waals surface area contributed by atoms with Crippen molar-refractivity contribution >= 4 is 22.5 Å². The molecule has 1 aliphatic heterocycles. The van der Waals surface area contributed by atoms with E-state index in [-0.39, 0.29) is 6.10 Å². The number of methoxy groups -OCH3 is 1. The molecule has 2 unspecified atom stereocenters. The molecule has 0 spiro atoms. The number of pyridine rings is 1. The molecule has 2 heterocycles. The summed E-state index contributed by atoms with van der Waals surface area (Å²) in [6, 6.07) is 5.56. The van der Waals surface area contributed by atoms with Crippen LogP contribution in [0.4, 0.5) is 0 Å². The van der Waals surface area contributed by atoms with Gasteiger partial charge in [-0.2, -0.15) is 0 Å². The molecule has 1 saturated heterocycles. The van der Waals surface area contributed by atoms with Crippen LogP contribution in [-0.2, 0) is 4.74 Å². The summed E-state index contributed by atoms with van der Waals surface area (Å²) in [7, 11) is 1.61.